The molecule has 114 valence electrons. The van der Waals surface area contributed by atoms with E-state index >= 15 is 0 Å². The van der Waals surface area contributed by atoms with Gasteiger partial charge in [-0.1, -0.05) is 51.6 Å². The maximum atomic E-state index is 3.71. The van der Waals surface area contributed by atoms with E-state index in [0.717, 1.165) is 0 Å². The van der Waals surface area contributed by atoms with Crippen LogP contribution in [0.4, 0.5) is 0 Å². The fourth-order valence-electron chi connectivity index (χ4n) is 2.11. The van der Waals surface area contributed by atoms with E-state index in [1.165, 1.54) is 6.42 Å². The van der Waals surface area contributed by atoms with Crippen LogP contribution in [0.3, 0.4) is 0 Å². The average Bonchev–Trinajstić information content (AvgIpc) is 2.25. The quantitative estimate of drug-likeness (QED) is 0.724. The second-order valence-corrected chi connectivity index (χ2v) is 21.0. The number of rotatable bonds is 6. The number of allylic oxidation sites excluding steroid dienone is 1. The van der Waals surface area contributed by atoms with Crippen molar-refractivity contribution in [1.29, 1.82) is 0 Å². The molecule has 0 bridgehead atoms. The third-order valence-electron chi connectivity index (χ3n) is 5.21. The third kappa shape index (κ3) is 5.96. The Bertz CT molecular complexity index is 313. The molecule has 0 amide bonds. The van der Waals surface area contributed by atoms with E-state index in [4.69, 9.17) is 0 Å². The van der Waals surface area contributed by atoms with Crippen LogP contribution in [0.25, 0.3) is 0 Å². The van der Waals surface area contributed by atoms with Crippen LogP contribution in [0.2, 0.25) is 18.1 Å². The molecule has 0 aliphatic heterocycles. The van der Waals surface area contributed by atoms with Gasteiger partial charge in [-0.2, -0.15) is 0 Å². The minimum absolute atomic E-state index is 0.0925. The van der Waals surface area contributed by atoms with Crippen LogP contribution in [0.5, 0.6) is 0 Å². The summed E-state index contributed by atoms with van der Waals surface area (Å²) in [6.45, 7) is 24.1. The summed E-state index contributed by atoms with van der Waals surface area (Å²) in [5.41, 5.74) is 1.61. The van der Waals surface area contributed by atoms with Gasteiger partial charge in [0, 0.05) is 28.7 Å². The molecule has 2 unspecified atom stereocenters. The summed E-state index contributed by atoms with van der Waals surface area (Å²) in [6.07, 6.45) is 1.20. The zero-order chi connectivity index (χ0) is 15.4. The lowest BCUT2D eigenvalue weighted by Gasteiger charge is -2.38. The molecule has 0 heterocycles. The van der Waals surface area contributed by atoms with Gasteiger partial charge in [0.15, 0.2) is 0 Å². The number of hydrogen-bond acceptors (Lipinski definition) is 1. The van der Waals surface area contributed by atoms with Gasteiger partial charge in [-0.05, 0) is 39.2 Å². The van der Waals surface area contributed by atoms with Gasteiger partial charge in [0.2, 0.25) is 0 Å². The van der Waals surface area contributed by atoms with Gasteiger partial charge < -0.3 is 5.32 Å². The number of hydrogen-bond donors (Lipinski definition) is 1. The second kappa shape index (κ2) is 7.23. The first-order valence-electron chi connectivity index (χ1n) is 7.84. The van der Waals surface area contributed by atoms with E-state index < -0.39 is 7.59 Å². The molecular weight excluding hydrogens is 262 g/mol. The molecule has 0 aromatic carbocycles. The van der Waals surface area contributed by atoms with Crippen LogP contribution < -0.4 is 5.32 Å². The Morgan fingerprint density at radius 2 is 1.63 bits per heavy atom. The minimum Gasteiger partial charge on any atom is -0.308 e. The van der Waals surface area contributed by atoms with Crippen molar-refractivity contribution in [3.63, 3.8) is 0 Å². The summed E-state index contributed by atoms with van der Waals surface area (Å²) >= 11 is 0. The molecule has 0 rings (SSSR count). The SMILES string of the molecule is CCC(C)NC(C)C(C)=C(C)[SiH2][Si](C)(C)C(C)(C)C. The highest BCUT2D eigenvalue weighted by molar-refractivity contribution is 7.27. The monoisotopic (exact) mass is 299 g/mol. The predicted molar refractivity (Wildman–Crippen MR) is 96.5 cm³/mol. The molecule has 0 aliphatic carbocycles. The van der Waals surface area contributed by atoms with Crippen LogP contribution in [0.15, 0.2) is 10.8 Å². The van der Waals surface area contributed by atoms with Crippen LogP contribution in [-0.4, -0.2) is 28.7 Å². The van der Waals surface area contributed by atoms with Crippen molar-refractivity contribution in [3.8, 4) is 0 Å². The number of nitrogens with one attached hydrogen (secondary N) is 1. The zero-order valence-electron chi connectivity index (χ0n) is 15.1. The summed E-state index contributed by atoms with van der Waals surface area (Å²) in [5, 5.41) is 6.00. The maximum absolute atomic E-state index is 3.71. The molecule has 0 radical (unpaired) electrons. The van der Waals surface area contributed by atoms with Gasteiger partial charge in [-0.15, -0.1) is 0 Å². The van der Waals surface area contributed by atoms with E-state index in [1.807, 2.05) is 0 Å². The van der Waals surface area contributed by atoms with Crippen LogP contribution >= 0.6 is 0 Å². The topological polar surface area (TPSA) is 12.0 Å². The van der Waals surface area contributed by atoms with Crippen LogP contribution in [-0.2, 0) is 0 Å². The van der Waals surface area contributed by atoms with Crippen LogP contribution in [0, 0.1) is 0 Å². The molecule has 0 saturated heterocycles. The molecule has 0 aromatic rings. The summed E-state index contributed by atoms with van der Waals surface area (Å²) in [4.78, 5) is 0. The Kier molecular flexibility index (Phi) is 7.28. The van der Waals surface area contributed by atoms with Crippen molar-refractivity contribution < 1.29 is 0 Å². The highest BCUT2D eigenvalue weighted by Gasteiger charge is 2.35. The van der Waals surface area contributed by atoms with E-state index in [9.17, 15) is 0 Å². The molecule has 0 fully saturated rings. The highest BCUT2D eigenvalue weighted by Crippen LogP contribution is 2.36. The molecule has 0 aromatic heterocycles. The minimum atomic E-state index is -1.07. The summed E-state index contributed by atoms with van der Waals surface area (Å²) in [7, 11) is -1.16. The first kappa shape index (κ1) is 19.1. The molecule has 3 heteroatoms. The molecule has 1 N–H and O–H groups in total. The molecule has 2 atom stereocenters. The molecule has 19 heavy (non-hydrogen) atoms. The summed E-state index contributed by atoms with van der Waals surface area (Å²) in [5.74, 6) is 0. The maximum Gasteiger partial charge on any atom is 0.0444 e. The molecule has 0 aliphatic rings. The van der Waals surface area contributed by atoms with Gasteiger partial charge in [0.1, 0.15) is 0 Å². The Morgan fingerprint density at radius 1 is 1.16 bits per heavy atom. The van der Waals surface area contributed by atoms with Crippen molar-refractivity contribution in [3.05, 3.63) is 10.8 Å². The smallest absolute Gasteiger partial charge is 0.0444 e. The largest absolute Gasteiger partial charge is 0.308 e. The van der Waals surface area contributed by atoms with Gasteiger partial charge in [0.25, 0.3) is 0 Å². The van der Waals surface area contributed by atoms with E-state index in [1.54, 1.807) is 10.8 Å². The normalized spacial score (nSPS) is 18.6. The first-order valence-corrected chi connectivity index (χ1v) is 13.9. The Hall–Kier alpha value is 0.134. The predicted octanol–water partition coefficient (Wildman–Crippen LogP) is 4.23. The van der Waals surface area contributed by atoms with Gasteiger partial charge in [-0.25, -0.2) is 0 Å². The molecule has 0 saturated carbocycles. The Morgan fingerprint density at radius 3 is 2.00 bits per heavy atom. The van der Waals surface area contributed by atoms with Gasteiger partial charge in [0.05, 0.1) is 0 Å². The van der Waals surface area contributed by atoms with Gasteiger partial charge >= 0.3 is 0 Å². The Labute approximate surface area is 125 Å². The standard InChI is InChI=1S/C16H37NSi2/c1-11-12(2)17-14(4)13(3)15(5)18-19(9,10)16(6,7)8/h12,14,17H,11,18H2,1-10H3. The fraction of sp³-hybridized carbons (Fsp3) is 0.875. The average molecular weight is 300 g/mol. The first-order chi connectivity index (χ1) is 8.42. The lowest BCUT2D eigenvalue weighted by molar-refractivity contribution is 0.491. The summed E-state index contributed by atoms with van der Waals surface area (Å²) in [6, 6.07) is 1.15. The van der Waals surface area contributed by atoms with Crippen molar-refractivity contribution in [2.45, 2.75) is 92.0 Å². The van der Waals surface area contributed by atoms with Crippen molar-refractivity contribution in [1.82, 2.24) is 5.32 Å². The van der Waals surface area contributed by atoms with Crippen molar-refractivity contribution in [2.24, 2.45) is 0 Å². The molecule has 0 spiro atoms. The molecule has 1 nitrogen and oxygen atoms in total. The third-order valence-corrected chi connectivity index (χ3v) is 18.7. The van der Waals surface area contributed by atoms with E-state index in [0.29, 0.717) is 17.1 Å². The van der Waals surface area contributed by atoms with Crippen LogP contribution in [0.1, 0.15) is 61.8 Å². The van der Waals surface area contributed by atoms with Crippen molar-refractivity contribution >= 4 is 16.6 Å². The lowest BCUT2D eigenvalue weighted by atomic mass is 10.1. The summed E-state index contributed by atoms with van der Waals surface area (Å²) < 4.78 is 0. The second-order valence-electron chi connectivity index (χ2n) is 7.97. The Balaban J connectivity index is 4.87. The van der Waals surface area contributed by atoms with Gasteiger partial charge in [-0.3, -0.25) is 0 Å². The van der Waals surface area contributed by atoms with E-state index in [-0.39, 0.29) is 9.04 Å². The zero-order valence-corrected chi connectivity index (χ0v) is 17.5. The van der Waals surface area contributed by atoms with E-state index in [2.05, 4.69) is 73.8 Å². The fourth-order valence-corrected chi connectivity index (χ4v) is 11.0. The van der Waals surface area contributed by atoms with Crippen molar-refractivity contribution in [2.75, 3.05) is 0 Å². The lowest BCUT2D eigenvalue weighted by Crippen LogP contribution is -2.45. The highest BCUT2D eigenvalue weighted by atomic mass is 29.2. The molecular formula is C16H37NSi2.